The van der Waals surface area contributed by atoms with Crippen LogP contribution in [0.15, 0.2) is 46.9 Å². The molecule has 0 spiro atoms. The summed E-state index contributed by atoms with van der Waals surface area (Å²) in [4.78, 5) is 27.1. The number of ether oxygens (including phenoxy) is 3. The monoisotopic (exact) mass is 474 g/mol. The van der Waals surface area contributed by atoms with Crippen molar-refractivity contribution in [1.29, 1.82) is 0 Å². The molecule has 0 aliphatic carbocycles. The highest BCUT2D eigenvalue weighted by Gasteiger charge is 2.30. The van der Waals surface area contributed by atoms with Crippen molar-refractivity contribution in [2.45, 2.75) is 25.9 Å². The Labute approximate surface area is 183 Å². The lowest BCUT2D eigenvalue weighted by Crippen LogP contribution is -2.46. The first kappa shape index (κ1) is 20.5. The Bertz CT molecular complexity index is 926. The van der Waals surface area contributed by atoms with Gasteiger partial charge in [0, 0.05) is 35.2 Å². The van der Waals surface area contributed by atoms with Gasteiger partial charge in [0.1, 0.15) is 5.75 Å². The Morgan fingerprint density at radius 2 is 1.80 bits per heavy atom. The molecular formula is C22H23BrN2O5. The van der Waals surface area contributed by atoms with Gasteiger partial charge in [-0.05, 0) is 56.2 Å². The van der Waals surface area contributed by atoms with Gasteiger partial charge in [-0.25, -0.2) is 0 Å². The predicted octanol–water partition coefficient (Wildman–Crippen LogP) is 3.82. The number of nitrogens with zero attached hydrogens (tertiary/aromatic N) is 1. The van der Waals surface area contributed by atoms with Crippen molar-refractivity contribution in [2.75, 3.05) is 25.2 Å². The first-order valence-corrected chi connectivity index (χ1v) is 10.7. The second kappa shape index (κ2) is 8.95. The predicted molar refractivity (Wildman–Crippen MR) is 115 cm³/mol. The Kier molecular flexibility index (Phi) is 6.13. The molecule has 1 fully saturated rings. The van der Waals surface area contributed by atoms with Gasteiger partial charge in [-0.2, -0.15) is 0 Å². The van der Waals surface area contributed by atoms with E-state index in [9.17, 15) is 9.59 Å². The number of rotatable bonds is 5. The van der Waals surface area contributed by atoms with E-state index in [-0.39, 0.29) is 24.5 Å². The molecule has 7 nitrogen and oxygen atoms in total. The van der Waals surface area contributed by atoms with Crippen LogP contribution in [-0.4, -0.2) is 42.7 Å². The molecular weight excluding hydrogens is 452 g/mol. The van der Waals surface area contributed by atoms with Crippen molar-refractivity contribution < 1.29 is 23.8 Å². The lowest BCUT2D eigenvalue weighted by atomic mass is 9.95. The molecule has 1 N–H and O–H groups in total. The molecule has 30 heavy (non-hydrogen) atoms. The molecule has 1 atom stereocenters. The zero-order valence-corrected chi connectivity index (χ0v) is 18.2. The molecule has 2 aliphatic rings. The van der Waals surface area contributed by atoms with Crippen molar-refractivity contribution in [3.63, 3.8) is 0 Å². The first-order chi connectivity index (χ1) is 14.5. The summed E-state index contributed by atoms with van der Waals surface area (Å²) >= 11 is 3.38. The Balaban J connectivity index is 1.27. The number of likely N-dealkylation sites (tertiary alicyclic amines) is 1. The van der Waals surface area contributed by atoms with Crippen LogP contribution in [0.25, 0.3) is 0 Å². The Hall–Kier alpha value is -2.74. The molecule has 2 heterocycles. The minimum atomic E-state index is -0.579. The summed E-state index contributed by atoms with van der Waals surface area (Å²) in [7, 11) is 0. The fourth-order valence-electron chi connectivity index (χ4n) is 3.61. The zero-order chi connectivity index (χ0) is 21.1. The number of fused-ring (bicyclic) bond motifs is 1. The van der Waals surface area contributed by atoms with E-state index in [0.717, 1.165) is 4.47 Å². The van der Waals surface area contributed by atoms with Gasteiger partial charge in [-0.1, -0.05) is 15.9 Å². The highest BCUT2D eigenvalue weighted by atomic mass is 79.9. The molecule has 2 amide bonds. The van der Waals surface area contributed by atoms with Crippen LogP contribution >= 0.6 is 15.9 Å². The molecule has 8 heteroatoms. The van der Waals surface area contributed by atoms with E-state index in [4.69, 9.17) is 14.2 Å². The van der Waals surface area contributed by atoms with Crippen LogP contribution < -0.4 is 19.5 Å². The van der Waals surface area contributed by atoms with Crippen LogP contribution in [0.3, 0.4) is 0 Å². The number of amides is 2. The fraction of sp³-hybridized carbons (Fsp3) is 0.364. The van der Waals surface area contributed by atoms with Crippen molar-refractivity contribution in [1.82, 2.24) is 4.90 Å². The fourth-order valence-corrected chi connectivity index (χ4v) is 3.87. The number of hydrogen-bond acceptors (Lipinski definition) is 5. The van der Waals surface area contributed by atoms with Gasteiger partial charge in [-0.15, -0.1) is 0 Å². The molecule has 1 saturated heterocycles. The minimum Gasteiger partial charge on any atom is -0.481 e. The van der Waals surface area contributed by atoms with Gasteiger partial charge in [-0.3, -0.25) is 9.59 Å². The average Bonchev–Trinajstić information content (AvgIpc) is 3.23. The van der Waals surface area contributed by atoms with E-state index in [1.165, 1.54) is 0 Å². The summed E-state index contributed by atoms with van der Waals surface area (Å²) in [6.07, 6.45) is 0.658. The quantitative estimate of drug-likeness (QED) is 0.712. The number of carbonyl (C=O) groups excluding carboxylic acids is 2. The third kappa shape index (κ3) is 4.70. The van der Waals surface area contributed by atoms with Crippen LogP contribution in [-0.2, 0) is 9.59 Å². The third-order valence-electron chi connectivity index (χ3n) is 5.29. The molecule has 158 valence electrons. The van der Waals surface area contributed by atoms with Crippen LogP contribution in [0.5, 0.6) is 17.2 Å². The Morgan fingerprint density at radius 3 is 2.53 bits per heavy atom. The standard InChI is InChI=1S/C22H23BrN2O5/c1-14(30-18-5-2-16(23)3-6-18)22(27)25-10-8-15(9-11-25)21(26)24-17-4-7-19-20(12-17)29-13-28-19/h2-7,12,14-15H,8-11,13H2,1H3,(H,24,26). The van der Waals surface area contributed by atoms with Gasteiger partial charge in [0.25, 0.3) is 5.91 Å². The summed E-state index contributed by atoms with van der Waals surface area (Å²) in [5.41, 5.74) is 0.680. The normalized spacial score (nSPS) is 16.8. The first-order valence-electron chi connectivity index (χ1n) is 9.91. The average molecular weight is 475 g/mol. The van der Waals surface area contributed by atoms with Crippen molar-refractivity contribution >= 4 is 33.4 Å². The summed E-state index contributed by atoms with van der Waals surface area (Å²) in [6.45, 7) is 3.02. The maximum Gasteiger partial charge on any atom is 0.263 e. The van der Waals surface area contributed by atoms with Gasteiger partial charge in [0.05, 0.1) is 0 Å². The Morgan fingerprint density at radius 1 is 1.10 bits per heavy atom. The molecule has 2 aromatic carbocycles. The summed E-state index contributed by atoms with van der Waals surface area (Å²) < 4.78 is 17.3. The maximum absolute atomic E-state index is 12.7. The lowest BCUT2D eigenvalue weighted by molar-refractivity contribution is -0.140. The van der Waals surface area contributed by atoms with Crippen molar-refractivity contribution in [3.05, 3.63) is 46.9 Å². The topological polar surface area (TPSA) is 77.1 Å². The van der Waals surface area contributed by atoms with Gasteiger partial charge in [0.15, 0.2) is 17.6 Å². The summed E-state index contributed by atoms with van der Waals surface area (Å²) in [5, 5.41) is 2.94. The molecule has 2 aromatic rings. The van der Waals surface area contributed by atoms with Gasteiger partial charge >= 0.3 is 0 Å². The van der Waals surface area contributed by atoms with E-state index < -0.39 is 6.10 Å². The van der Waals surface area contributed by atoms with Gasteiger partial charge < -0.3 is 24.4 Å². The van der Waals surface area contributed by atoms with E-state index in [1.807, 2.05) is 24.3 Å². The molecule has 0 bridgehead atoms. The molecule has 0 saturated carbocycles. The summed E-state index contributed by atoms with van der Waals surface area (Å²) in [5.74, 6) is 1.72. The van der Waals surface area contributed by atoms with E-state index >= 15 is 0 Å². The van der Waals surface area contributed by atoms with E-state index in [2.05, 4.69) is 21.2 Å². The largest absolute Gasteiger partial charge is 0.481 e. The number of nitrogens with one attached hydrogen (secondary N) is 1. The number of halogens is 1. The highest BCUT2D eigenvalue weighted by Crippen LogP contribution is 2.34. The number of benzene rings is 2. The molecule has 2 aliphatic heterocycles. The van der Waals surface area contributed by atoms with Crippen molar-refractivity contribution in [3.8, 4) is 17.2 Å². The van der Waals surface area contributed by atoms with Crippen LogP contribution in [0.1, 0.15) is 19.8 Å². The maximum atomic E-state index is 12.7. The highest BCUT2D eigenvalue weighted by molar-refractivity contribution is 9.10. The number of piperidine rings is 1. The molecule has 4 rings (SSSR count). The molecule has 1 unspecified atom stereocenters. The third-order valence-corrected chi connectivity index (χ3v) is 5.82. The number of hydrogen-bond donors (Lipinski definition) is 1. The molecule has 0 aromatic heterocycles. The molecule has 0 radical (unpaired) electrons. The summed E-state index contributed by atoms with van der Waals surface area (Å²) in [6, 6.07) is 12.7. The van der Waals surface area contributed by atoms with Crippen LogP contribution in [0, 0.1) is 5.92 Å². The number of anilines is 1. The van der Waals surface area contributed by atoms with Crippen molar-refractivity contribution in [2.24, 2.45) is 5.92 Å². The SMILES string of the molecule is CC(Oc1ccc(Br)cc1)C(=O)N1CCC(C(=O)Nc2ccc3c(c2)OCO3)CC1. The van der Waals surface area contributed by atoms with E-state index in [1.54, 1.807) is 30.0 Å². The number of carbonyl (C=O) groups is 2. The zero-order valence-electron chi connectivity index (χ0n) is 16.6. The second-order valence-electron chi connectivity index (χ2n) is 7.37. The van der Waals surface area contributed by atoms with Crippen LogP contribution in [0.2, 0.25) is 0 Å². The second-order valence-corrected chi connectivity index (χ2v) is 8.29. The van der Waals surface area contributed by atoms with Gasteiger partial charge in [0.2, 0.25) is 12.7 Å². The lowest BCUT2D eigenvalue weighted by Gasteiger charge is -2.33. The minimum absolute atomic E-state index is 0.0416. The van der Waals surface area contributed by atoms with E-state index in [0.29, 0.717) is 48.9 Å². The van der Waals surface area contributed by atoms with Crippen LogP contribution in [0.4, 0.5) is 5.69 Å². The smallest absolute Gasteiger partial charge is 0.263 e.